The Bertz CT molecular complexity index is 496. The molecule has 0 fully saturated rings. The lowest BCUT2D eigenvalue weighted by molar-refractivity contribution is 0.964. The van der Waals surface area contributed by atoms with Gasteiger partial charge >= 0.3 is 0 Å². The predicted molar refractivity (Wildman–Crippen MR) is 54.2 cm³/mol. The minimum atomic E-state index is 0.547. The third-order valence-corrected chi connectivity index (χ3v) is 2.45. The van der Waals surface area contributed by atoms with Crippen molar-refractivity contribution in [3.63, 3.8) is 0 Å². The van der Waals surface area contributed by atoms with Crippen molar-refractivity contribution in [1.29, 1.82) is 5.26 Å². The van der Waals surface area contributed by atoms with E-state index in [-0.39, 0.29) is 0 Å². The van der Waals surface area contributed by atoms with Gasteiger partial charge in [0.1, 0.15) is 16.9 Å². The van der Waals surface area contributed by atoms with E-state index >= 15 is 0 Å². The summed E-state index contributed by atoms with van der Waals surface area (Å²) in [6.45, 7) is 1.84. The maximum atomic E-state index is 8.60. The van der Waals surface area contributed by atoms with Crippen molar-refractivity contribution in [3.8, 4) is 6.07 Å². The van der Waals surface area contributed by atoms with Crippen LogP contribution >= 0.6 is 11.8 Å². The van der Waals surface area contributed by atoms with Gasteiger partial charge in [-0.05, 0) is 30.8 Å². The number of nitrogens with one attached hydrogen (secondary N) is 1. The van der Waals surface area contributed by atoms with Gasteiger partial charge < -0.3 is 0 Å². The van der Waals surface area contributed by atoms with Gasteiger partial charge in [0.2, 0.25) is 5.16 Å². The zero-order chi connectivity index (χ0) is 10.7. The summed E-state index contributed by atoms with van der Waals surface area (Å²) in [6.07, 6.45) is 1.53. The van der Waals surface area contributed by atoms with Gasteiger partial charge in [-0.1, -0.05) is 0 Å². The monoisotopic (exact) mass is 217 g/mol. The van der Waals surface area contributed by atoms with Crippen molar-refractivity contribution in [2.24, 2.45) is 0 Å². The molecule has 2 heterocycles. The highest BCUT2D eigenvalue weighted by Gasteiger charge is 2.03. The number of aromatic nitrogens is 4. The highest BCUT2D eigenvalue weighted by molar-refractivity contribution is 7.99. The van der Waals surface area contributed by atoms with Crippen molar-refractivity contribution >= 4 is 11.8 Å². The molecular weight excluding hydrogens is 210 g/mol. The van der Waals surface area contributed by atoms with Crippen molar-refractivity contribution in [2.75, 3.05) is 0 Å². The summed E-state index contributed by atoms with van der Waals surface area (Å²) in [5, 5.41) is 16.7. The highest BCUT2D eigenvalue weighted by atomic mass is 32.2. The number of hydrogen-bond donors (Lipinski definition) is 1. The Morgan fingerprint density at radius 2 is 2.33 bits per heavy atom. The van der Waals surface area contributed by atoms with Gasteiger partial charge in [0, 0.05) is 6.20 Å². The number of pyridine rings is 1. The molecule has 0 aliphatic rings. The Balaban J connectivity index is 2.15. The SMILES string of the molecule is Cc1nc(Sc2ccc(C#N)cn2)n[nH]1. The maximum absolute atomic E-state index is 8.60. The van der Waals surface area contributed by atoms with Crippen LogP contribution < -0.4 is 0 Å². The van der Waals surface area contributed by atoms with E-state index in [1.165, 1.54) is 18.0 Å². The molecule has 0 aliphatic carbocycles. The molecule has 0 saturated carbocycles. The smallest absolute Gasteiger partial charge is 0.214 e. The van der Waals surface area contributed by atoms with Crippen molar-refractivity contribution in [1.82, 2.24) is 20.2 Å². The molecule has 15 heavy (non-hydrogen) atoms. The van der Waals surface area contributed by atoms with E-state index in [0.29, 0.717) is 10.7 Å². The Kier molecular flexibility index (Phi) is 2.65. The Hall–Kier alpha value is -1.87. The Labute approximate surface area is 90.6 Å². The molecule has 0 saturated heterocycles. The average molecular weight is 217 g/mol. The molecule has 6 heteroatoms. The van der Waals surface area contributed by atoms with Crippen molar-refractivity contribution in [2.45, 2.75) is 17.1 Å². The van der Waals surface area contributed by atoms with Gasteiger partial charge in [0.15, 0.2) is 0 Å². The molecule has 74 valence electrons. The normalized spacial score (nSPS) is 9.87. The number of nitrogens with zero attached hydrogens (tertiary/aromatic N) is 4. The zero-order valence-corrected chi connectivity index (χ0v) is 8.75. The first kappa shape index (κ1) is 9.68. The van der Waals surface area contributed by atoms with Gasteiger partial charge in [0.25, 0.3) is 0 Å². The largest absolute Gasteiger partial charge is 0.262 e. The standard InChI is InChI=1S/C9H7N5S/c1-6-12-9(14-13-6)15-8-3-2-7(4-10)5-11-8/h2-3,5H,1H3,(H,12,13,14). The van der Waals surface area contributed by atoms with E-state index < -0.39 is 0 Å². The molecule has 2 aromatic rings. The fourth-order valence-corrected chi connectivity index (χ4v) is 1.67. The summed E-state index contributed by atoms with van der Waals surface area (Å²) in [6, 6.07) is 5.50. The van der Waals surface area contributed by atoms with E-state index in [9.17, 15) is 0 Å². The van der Waals surface area contributed by atoms with Gasteiger partial charge in [-0.2, -0.15) is 5.26 Å². The molecule has 0 atom stereocenters. The van der Waals surface area contributed by atoms with Crippen LogP contribution in [0.25, 0.3) is 0 Å². The summed E-state index contributed by atoms with van der Waals surface area (Å²) in [7, 11) is 0. The minimum Gasteiger partial charge on any atom is -0.262 e. The van der Waals surface area contributed by atoms with Crippen LogP contribution in [0.3, 0.4) is 0 Å². The number of H-pyrrole nitrogens is 1. The summed E-state index contributed by atoms with van der Waals surface area (Å²) in [4.78, 5) is 8.24. The molecule has 0 bridgehead atoms. The number of aromatic amines is 1. The second-order valence-electron chi connectivity index (χ2n) is 2.80. The molecule has 0 spiro atoms. The average Bonchev–Trinajstić information content (AvgIpc) is 2.65. The number of hydrogen-bond acceptors (Lipinski definition) is 5. The first-order valence-electron chi connectivity index (χ1n) is 4.21. The van der Waals surface area contributed by atoms with E-state index in [4.69, 9.17) is 5.26 Å². The number of rotatable bonds is 2. The topological polar surface area (TPSA) is 78.2 Å². The van der Waals surface area contributed by atoms with Crippen LogP contribution in [0.4, 0.5) is 0 Å². The second kappa shape index (κ2) is 4.11. The van der Waals surface area contributed by atoms with Gasteiger partial charge in [-0.25, -0.2) is 9.97 Å². The summed E-state index contributed by atoms with van der Waals surface area (Å²) >= 11 is 1.35. The third-order valence-electron chi connectivity index (χ3n) is 1.64. The summed E-state index contributed by atoms with van der Waals surface area (Å²) < 4.78 is 0. The van der Waals surface area contributed by atoms with Crippen LogP contribution in [0.1, 0.15) is 11.4 Å². The second-order valence-corrected chi connectivity index (χ2v) is 3.79. The molecular formula is C9H7N5S. The lowest BCUT2D eigenvalue weighted by Crippen LogP contribution is -1.82. The van der Waals surface area contributed by atoms with E-state index in [1.54, 1.807) is 12.1 Å². The Morgan fingerprint density at radius 1 is 1.47 bits per heavy atom. The number of aryl methyl sites for hydroxylation is 1. The molecule has 0 radical (unpaired) electrons. The third kappa shape index (κ3) is 2.33. The molecule has 0 amide bonds. The predicted octanol–water partition coefficient (Wildman–Crippen LogP) is 1.53. The van der Waals surface area contributed by atoms with Crippen LogP contribution in [-0.2, 0) is 0 Å². The van der Waals surface area contributed by atoms with Crippen LogP contribution in [0, 0.1) is 18.3 Å². The highest BCUT2D eigenvalue weighted by Crippen LogP contribution is 2.21. The molecule has 1 N–H and O–H groups in total. The molecule has 5 nitrogen and oxygen atoms in total. The Morgan fingerprint density at radius 3 is 2.87 bits per heavy atom. The molecule has 0 aromatic carbocycles. The molecule has 2 aromatic heterocycles. The quantitative estimate of drug-likeness (QED) is 0.825. The first-order chi connectivity index (χ1) is 7.28. The minimum absolute atomic E-state index is 0.547. The van der Waals surface area contributed by atoms with E-state index in [0.717, 1.165) is 10.9 Å². The summed E-state index contributed by atoms with van der Waals surface area (Å²) in [5.74, 6) is 0.770. The lowest BCUT2D eigenvalue weighted by Gasteiger charge is -1.94. The van der Waals surface area contributed by atoms with Gasteiger partial charge in [0.05, 0.1) is 5.56 Å². The summed E-state index contributed by atoms with van der Waals surface area (Å²) in [5.41, 5.74) is 0.547. The lowest BCUT2D eigenvalue weighted by atomic mass is 10.3. The number of nitriles is 1. The van der Waals surface area contributed by atoms with Crippen LogP contribution in [0.15, 0.2) is 28.5 Å². The van der Waals surface area contributed by atoms with Crippen LogP contribution in [-0.4, -0.2) is 20.2 Å². The van der Waals surface area contributed by atoms with Gasteiger partial charge in [-0.3, -0.25) is 5.10 Å². The molecule has 0 aliphatic heterocycles. The van der Waals surface area contributed by atoms with E-state index in [2.05, 4.69) is 20.2 Å². The molecule has 0 unspecified atom stereocenters. The van der Waals surface area contributed by atoms with E-state index in [1.807, 2.05) is 13.0 Å². The van der Waals surface area contributed by atoms with Gasteiger partial charge in [-0.15, -0.1) is 5.10 Å². The first-order valence-corrected chi connectivity index (χ1v) is 5.02. The maximum Gasteiger partial charge on any atom is 0.214 e. The van der Waals surface area contributed by atoms with Crippen molar-refractivity contribution < 1.29 is 0 Å². The van der Waals surface area contributed by atoms with Crippen LogP contribution in [0.2, 0.25) is 0 Å². The van der Waals surface area contributed by atoms with Crippen LogP contribution in [0.5, 0.6) is 0 Å². The fourth-order valence-electron chi connectivity index (χ4n) is 0.968. The zero-order valence-electron chi connectivity index (χ0n) is 7.93. The van der Waals surface area contributed by atoms with Crippen molar-refractivity contribution in [3.05, 3.63) is 29.7 Å². The molecule has 2 rings (SSSR count). The fraction of sp³-hybridized carbons (Fsp3) is 0.111.